The lowest BCUT2D eigenvalue weighted by molar-refractivity contribution is -0.144. The molecule has 1 aromatic carbocycles. The molecule has 0 saturated heterocycles. The normalized spacial score (nSPS) is 13.8. The Morgan fingerprint density at radius 3 is 2.76 bits per heavy atom. The maximum absolute atomic E-state index is 11.4. The van der Waals surface area contributed by atoms with Crippen LogP contribution in [-0.4, -0.2) is 17.6 Å². The van der Waals surface area contributed by atoms with Gasteiger partial charge in [-0.25, -0.2) is 4.79 Å². The minimum atomic E-state index is -1.37. The minimum Gasteiger partial charge on any atom is -0.480 e. The van der Waals surface area contributed by atoms with E-state index in [1.165, 1.54) is 6.92 Å². The number of hydrogen-bond donors (Lipinski definition) is 2. The molecule has 1 atom stereocenters. The fraction of sp³-hybridized carbons (Fsp3) is 0.250. The SMILES string of the molecule is C#CCNC(C)(C(=O)O)c1cccc(Cl)c1Cl. The van der Waals surface area contributed by atoms with E-state index in [-0.39, 0.29) is 11.6 Å². The van der Waals surface area contributed by atoms with Gasteiger partial charge in [0.1, 0.15) is 5.54 Å². The first-order valence-electron chi connectivity index (χ1n) is 4.80. The summed E-state index contributed by atoms with van der Waals surface area (Å²) in [6.45, 7) is 1.61. The zero-order chi connectivity index (χ0) is 13.1. The number of carbonyl (C=O) groups is 1. The molecule has 0 spiro atoms. The predicted octanol–water partition coefficient (Wildman–Crippen LogP) is 2.52. The summed E-state index contributed by atoms with van der Waals surface area (Å²) in [5.74, 6) is 1.26. The molecule has 0 aromatic heterocycles. The second-order valence-electron chi connectivity index (χ2n) is 3.59. The van der Waals surface area contributed by atoms with Crippen molar-refractivity contribution in [3.05, 3.63) is 33.8 Å². The zero-order valence-corrected chi connectivity index (χ0v) is 10.6. The molecule has 0 saturated carbocycles. The van der Waals surface area contributed by atoms with E-state index in [9.17, 15) is 9.90 Å². The Balaban J connectivity index is 3.28. The number of halogens is 2. The van der Waals surface area contributed by atoms with Crippen molar-refractivity contribution in [3.8, 4) is 12.3 Å². The first kappa shape index (κ1) is 13.9. The van der Waals surface area contributed by atoms with E-state index in [0.29, 0.717) is 10.6 Å². The lowest BCUT2D eigenvalue weighted by Crippen LogP contribution is -2.47. The summed E-state index contributed by atoms with van der Waals surface area (Å²) in [5.41, 5.74) is -0.983. The van der Waals surface area contributed by atoms with Gasteiger partial charge in [-0.2, -0.15) is 0 Å². The van der Waals surface area contributed by atoms with Crippen molar-refractivity contribution < 1.29 is 9.90 Å². The van der Waals surface area contributed by atoms with Gasteiger partial charge in [0.05, 0.1) is 16.6 Å². The van der Waals surface area contributed by atoms with Gasteiger partial charge in [0.25, 0.3) is 0 Å². The molecule has 5 heteroatoms. The van der Waals surface area contributed by atoms with Gasteiger partial charge >= 0.3 is 5.97 Å². The summed E-state index contributed by atoms with van der Waals surface area (Å²) in [7, 11) is 0. The molecule has 2 N–H and O–H groups in total. The third kappa shape index (κ3) is 2.73. The molecular formula is C12H11Cl2NO2. The standard InChI is InChI=1S/C12H11Cl2NO2/c1-3-7-15-12(2,11(16)17)8-5-4-6-9(13)10(8)14/h1,4-6,15H,7H2,2H3,(H,16,17). The van der Waals surface area contributed by atoms with Crippen molar-refractivity contribution in [2.45, 2.75) is 12.5 Å². The molecule has 17 heavy (non-hydrogen) atoms. The number of terminal acetylenes is 1. The van der Waals surface area contributed by atoms with Crippen LogP contribution in [-0.2, 0) is 10.3 Å². The molecule has 0 heterocycles. The Morgan fingerprint density at radius 1 is 1.59 bits per heavy atom. The van der Waals surface area contributed by atoms with Gasteiger partial charge in [-0.15, -0.1) is 6.42 Å². The molecular weight excluding hydrogens is 261 g/mol. The average Bonchev–Trinajstić information content (AvgIpc) is 2.29. The Labute approximate surface area is 110 Å². The van der Waals surface area contributed by atoms with Crippen LogP contribution >= 0.6 is 23.2 Å². The predicted molar refractivity (Wildman–Crippen MR) is 68.3 cm³/mol. The highest BCUT2D eigenvalue weighted by Gasteiger charge is 2.36. The number of carboxylic acids is 1. The molecule has 0 fully saturated rings. The highest BCUT2D eigenvalue weighted by atomic mass is 35.5. The van der Waals surface area contributed by atoms with Crippen molar-refractivity contribution in [3.63, 3.8) is 0 Å². The first-order chi connectivity index (χ1) is 7.93. The molecule has 0 amide bonds. The van der Waals surface area contributed by atoms with Crippen LogP contribution in [0.25, 0.3) is 0 Å². The molecule has 0 aliphatic rings. The fourth-order valence-corrected chi connectivity index (χ4v) is 1.89. The molecule has 1 unspecified atom stereocenters. The third-order valence-corrected chi connectivity index (χ3v) is 3.28. The minimum absolute atomic E-state index is 0.117. The molecule has 90 valence electrons. The van der Waals surface area contributed by atoms with Gasteiger partial charge in [0, 0.05) is 5.56 Å². The van der Waals surface area contributed by atoms with Gasteiger partial charge in [-0.3, -0.25) is 5.32 Å². The number of rotatable bonds is 4. The Morgan fingerprint density at radius 2 is 2.24 bits per heavy atom. The summed E-state index contributed by atoms with van der Waals surface area (Å²) < 4.78 is 0. The summed E-state index contributed by atoms with van der Waals surface area (Å²) in [4.78, 5) is 11.4. The number of benzene rings is 1. The Kier molecular flexibility index (Phi) is 4.41. The smallest absolute Gasteiger partial charge is 0.328 e. The summed E-state index contributed by atoms with van der Waals surface area (Å²) >= 11 is 11.9. The second kappa shape index (κ2) is 5.42. The van der Waals surface area contributed by atoms with Crippen LogP contribution < -0.4 is 5.32 Å². The number of carboxylic acid groups (broad SMARTS) is 1. The molecule has 0 aliphatic carbocycles. The van der Waals surface area contributed by atoms with Crippen molar-refractivity contribution in [2.75, 3.05) is 6.54 Å². The first-order valence-corrected chi connectivity index (χ1v) is 5.55. The van der Waals surface area contributed by atoms with Gasteiger partial charge in [-0.05, 0) is 13.0 Å². The molecule has 0 bridgehead atoms. The molecule has 0 radical (unpaired) electrons. The van der Waals surface area contributed by atoms with Crippen LogP contribution in [0, 0.1) is 12.3 Å². The summed E-state index contributed by atoms with van der Waals surface area (Å²) in [5, 5.41) is 12.6. The fourth-order valence-electron chi connectivity index (χ4n) is 1.40. The van der Waals surface area contributed by atoms with E-state index >= 15 is 0 Å². The van der Waals surface area contributed by atoms with E-state index in [0.717, 1.165) is 0 Å². The van der Waals surface area contributed by atoms with Crippen LogP contribution in [0.5, 0.6) is 0 Å². The lowest BCUT2D eigenvalue weighted by atomic mass is 9.92. The van der Waals surface area contributed by atoms with Crippen molar-refractivity contribution in [2.24, 2.45) is 0 Å². The van der Waals surface area contributed by atoms with Gasteiger partial charge in [0.2, 0.25) is 0 Å². The monoisotopic (exact) mass is 271 g/mol. The summed E-state index contributed by atoms with van der Waals surface area (Å²) in [6.07, 6.45) is 5.12. The van der Waals surface area contributed by atoms with Crippen LogP contribution in [0.15, 0.2) is 18.2 Å². The Hall–Kier alpha value is -1.21. The number of aliphatic carboxylic acids is 1. The quantitative estimate of drug-likeness (QED) is 0.828. The van der Waals surface area contributed by atoms with Gasteiger partial charge in [0.15, 0.2) is 0 Å². The molecule has 3 nitrogen and oxygen atoms in total. The third-order valence-electron chi connectivity index (χ3n) is 2.46. The maximum atomic E-state index is 11.4. The zero-order valence-electron chi connectivity index (χ0n) is 9.13. The lowest BCUT2D eigenvalue weighted by Gasteiger charge is -2.27. The number of nitrogens with one attached hydrogen (secondary N) is 1. The van der Waals surface area contributed by atoms with Gasteiger partial charge in [-0.1, -0.05) is 41.3 Å². The van der Waals surface area contributed by atoms with Crippen LogP contribution in [0.1, 0.15) is 12.5 Å². The van der Waals surface area contributed by atoms with Crippen LogP contribution in [0.2, 0.25) is 10.0 Å². The van der Waals surface area contributed by atoms with Crippen molar-refractivity contribution >= 4 is 29.2 Å². The maximum Gasteiger partial charge on any atom is 0.328 e. The van der Waals surface area contributed by atoms with E-state index in [2.05, 4.69) is 11.2 Å². The van der Waals surface area contributed by atoms with Crippen LogP contribution in [0.3, 0.4) is 0 Å². The molecule has 0 aliphatic heterocycles. The van der Waals surface area contributed by atoms with Gasteiger partial charge < -0.3 is 5.11 Å². The van der Waals surface area contributed by atoms with Crippen LogP contribution in [0.4, 0.5) is 0 Å². The highest BCUT2D eigenvalue weighted by molar-refractivity contribution is 6.42. The second-order valence-corrected chi connectivity index (χ2v) is 4.37. The van der Waals surface area contributed by atoms with E-state index in [1.54, 1.807) is 18.2 Å². The molecule has 1 rings (SSSR count). The van der Waals surface area contributed by atoms with E-state index in [1.807, 2.05) is 0 Å². The van der Waals surface area contributed by atoms with E-state index in [4.69, 9.17) is 29.6 Å². The number of hydrogen-bond acceptors (Lipinski definition) is 2. The largest absolute Gasteiger partial charge is 0.480 e. The van der Waals surface area contributed by atoms with E-state index < -0.39 is 11.5 Å². The van der Waals surface area contributed by atoms with Crippen molar-refractivity contribution in [1.29, 1.82) is 0 Å². The topological polar surface area (TPSA) is 49.3 Å². The summed E-state index contributed by atoms with van der Waals surface area (Å²) in [6, 6.07) is 4.84. The average molecular weight is 272 g/mol. The Bertz CT molecular complexity index is 482. The van der Waals surface area contributed by atoms with Crippen molar-refractivity contribution in [1.82, 2.24) is 5.32 Å². The molecule has 1 aromatic rings. The highest BCUT2D eigenvalue weighted by Crippen LogP contribution is 2.33.